The molecule has 2 heterocycles. The van der Waals surface area contributed by atoms with Crippen LogP contribution in [0.5, 0.6) is 0 Å². The Morgan fingerprint density at radius 1 is 1.35 bits per heavy atom. The Hall–Kier alpha value is -1.60. The van der Waals surface area contributed by atoms with Gasteiger partial charge < -0.3 is 4.90 Å². The molecule has 0 saturated carbocycles. The fraction of sp³-hybridized carbons (Fsp3) is 0.538. The van der Waals surface area contributed by atoms with E-state index in [1.807, 2.05) is 12.1 Å². The molecule has 17 heavy (non-hydrogen) atoms. The molecule has 0 amide bonds. The molecule has 0 unspecified atom stereocenters. The van der Waals surface area contributed by atoms with Gasteiger partial charge in [0.25, 0.3) is 0 Å². The Balaban J connectivity index is 2.03. The van der Waals surface area contributed by atoms with Gasteiger partial charge in [0.2, 0.25) is 0 Å². The molecule has 1 aliphatic rings. The van der Waals surface area contributed by atoms with E-state index in [2.05, 4.69) is 27.8 Å². The van der Waals surface area contributed by atoms with E-state index in [1.165, 1.54) is 13.0 Å². The summed E-state index contributed by atoms with van der Waals surface area (Å²) in [5.74, 6) is 0. The van der Waals surface area contributed by atoms with Gasteiger partial charge in [0, 0.05) is 32.4 Å². The first-order valence-corrected chi connectivity index (χ1v) is 6.17. The number of rotatable bonds is 3. The first-order chi connectivity index (χ1) is 8.35. The summed E-state index contributed by atoms with van der Waals surface area (Å²) in [7, 11) is 0. The highest BCUT2D eigenvalue weighted by Gasteiger charge is 2.18. The zero-order valence-electron chi connectivity index (χ0n) is 10.3. The summed E-state index contributed by atoms with van der Waals surface area (Å²) in [5, 5.41) is 9.04. The lowest BCUT2D eigenvalue weighted by atomic mass is 10.2. The average Bonchev–Trinajstić information content (AvgIpc) is 2.40. The van der Waals surface area contributed by atoms with Crippen LogP contribution < -0.4 is 4.90 Å². The molecule has 2 rings (SSSR count). The number of hydrogen-bond acceptors (Lipinski definition) is 4. The minimum Gasteiger partial charge on any atom is -0.367 e. The smallest absolute Gasteiger partial charge is 0.163 e. The van der Waals surface area contributed by atoms with Crippen molar-refractivity contribution in [3.05, 3.63) is 24.0 Å². The van der Waals surface area contributed by atoms with Crippen LogP contribution in [0.1, 0.15) is 19.0 Å². The predicted molar refractivity (Wildman–Crippen MR) is 67.9 cm³/mol. The van der Waals surface area contributed by atoms with Gasteiger partial charge in [-0.3, -0.25) is 4.90 Å². The number of pyridine rings is 1. The second kappa shape index (κ2) is 5.65. The number of aromatic nitrogens is 1. The molecular formula is C13H18N4. The van der Waals surface area contributed by atoms with Gasteiger partial charge in [0.05, 0.1) is 5.69 Å². The molecule has 1 aliphatic heterocycles. The van der Waals surface area contributed by atoms with Gasteiger partial charge >= 0.3 is 0 Å². The zero-order valence-corrected chi connectivity index (χ0v) is 10.3. The Kier molecular flexibility index (Phi) is 3.94. The van der Waals surface area contributed by atoms with Crippen LogP contribution in [0.3, 0.4) is 0 Å². The number of nitrogens with zero attached hydrogens (tertiary/aromatic N) is 4. The van der Waals surface area contributed by atoms with Crippen molar-refractivity contribution in [3.8, 4) is 6.07 Å². The van der Waals surface area contributed by atoms with Crippen molar-refractivity contribution in [2.24, 2.45) is 0 Å². The molecule has 0 radical (unpaired) electrons. The van der Waals surface area contributed by atoms with E-state index < -0.39 is 0 Å². The van der Waals surface area contributed by atoms with E-state index in [9.17, 15) is 0 Å². The van der Waals surface area contributed by atoms with Crippen LogP contribution in [0.25, 0.3) is 0 Å². The molecule has 4 heteroatoms. The van der Waals surface area contributed by atoms with Crippen molar-refractivity contribution >= 4 is 5.69 Å². The summed E-state index contributed by atoms with van der Waals surface area (Å²) in [4.78, 5) is 8.84. The van der Waals surface area contributed by atoms with E-state index >= 15 is 0 Å². The molecule has 1 fully saturated rings. The highest BCUT2D eigenvalue weighted by Crippen LogP contribution is 2.19. The Labute approximate surface area is 102 Å². The van der Waals surface area contributed by atoms with Crippen LogP contribution in [-0.4, -0.2) is 42.6 Å². The summed E-state index contributed by atoms with van der Waals surface area (Å²) in [5.41, 5.74) is 1.52. The van der Waals surface area contributed by atoms with Gasteiger partial charge in [-0.25, -0.2) is 4.98 Å². The number of piperazine rings is 1. The standard InChI is InChI=1S/C13H18N4/c1-2-6-16-7-9-17(10-8-16)13-4-3-5-15-12(13)11-14/h3-5H,2,6-10H2,1H3. The van der Waals surface area contributed by atoms with E-state index in [0.29, 0.717) is 5.69 Å². The van der Waals surface area contributed by atoms with E-state index in [-0.39, 0.29) is 0 Å². The Morgan fingerprint density at radius 3 is 2.76 bits per heavy atom. The summed E-state index contributed by atoms with van der Waals surface area (Å²) in [6, 6.07) is 6.05. The predicted octanol–water partition coefficient (Wildman–Crippen LogP) is 1.49. The van der Waals surface area contributed by atoms with Crippen LogP contribution in [0.15, 0.2) is 18.3 Å². The third kappa shape index (κ3) is 2.75. The largest absolute Gasteiger partial charge is 0.367 e. The molecule has 4 nitrogen and oxygen atoms in total. The number of anilines is 1. The third-order valence-electron chi connectivity index (χ3n) is 3.15. The van der Waals surface area contributed by atoms with Gasteiger partial charge in [-0.1, -0.05) is 6.92 Å². The van der Waals surface area contributed by atoms with Crippen LogP contribution in [0, 0.1) is 11.3 Å². The molecule has 0 atom stereocenters. The molecule has 0 aliphatic carbocycles. The van der Waals surface area contributed by atoms with Crippen LogP contribution in [0.2, 0.25) is 0 Å². The molecule has 1 saturated heterocycles. The van der Waals surface area contributed by atoms with E-state index in [0.717, 1.165) is 31.9 Å². The summed E-state index contributed by atoms with van der Waals surface area (Å²) in [6.45, 7) is 7.51. The Bertz CT molecular complexity index is 402. The SMILES string of the molecule is CCCN1CCN(c2cccnc2C#N)CC1. The second-order valence-corrected chi connectivity index (χ2v) is 4.31. The van der Waals surface area contributed by atoms with Gasteiger partial charge in [-0.05, 0) is 25.1 Å². The molecule has 0 spiro atoms. The van der Waals surface area contributed by atoms with Crippen LogP contribution in [-0.2, 0) is 0 Å². The highest BCUT2D eigenvalue weighted by atomic mass is 15.3. The maximum atomic E-state index is 9.04. The zero-order chi connectivity index (χ0) is 12.1. The summed E-state index contributed by atoms with van der Waals surface area (Å²) in [6.07, 6.45) is 2.88. The van der Waals surface area contributed by atoms with Crippen molar-refractivity contribution in [2.45, 2.75) is 13.3 Å². The molecule has 90 valence electrons. The first-order valence-electron chi connectivity index (χ1n) is 6.17. The fourth-order valence-corrected chi connectivity index (χ4v) is 2.27. The van der Waals surface area contributed by atoms with Crippen LogP contribution >= 0.6 is 0 Å². The van der Waals surface area contributed by atoms with E-state index in [1.54, 1.807) is 6.20 Å². The average molecular weight is 230 g/mol. The highest BCUT2D eigenvalue weighted by molar-refractivity contribution is 5.55. The fourth-order valence-electron chi connectivity index (χ4n) is 2.27. The lowest BCUT2D eigenvalue weighted by molar-refractivity contribution is 0.258. The second-order valence-electron chi connectivity index (χ2n) is 4.31. The topological polar surface area (TPSA) is 43.2 Å². The lowest BCUT2D eigenvalue weighted by Gasteiger charge is -2.36. The molecule has 0 aromatic carbocycles. The third-order valence-corrected chi connectivity index (χ3v) is 3.15. The van der Waals surface area contributed by atoms with Crippen molar-refractivity contribution in [1.29, 1.82) is 5.26 Å². The van der Waals surface area contributed by atoms with Crippen LogP contribution in [0.4, 0.5) is 5.69 Å². The van der Waals surface area contributed by atoms with Crippen molar-refractivity contribution in [2.75, 3.05) is 37.6 Å². The quantitative estimate of drug-likeness (QED) is 0.789. The number of hydrogen-bond donors (Lipinski definition) is 0. The number of nitriles is 1. The monoisotopic (exact) mass is 230 g/mol. The minimum atomic E-state index is 0.538. The first kappa shape index (κ1) is 11.9. The normalized spacial score (nSPS) is 16.8. The summed E-state index contributed by atoms with van der Waals surface area (Å²) >= 11 is 0. The maximum absolute atomic E-state index is 9.04. The van der Waals surface area contributed by atoms with Crippen molar-refractivity contribution in [3.63, 3.8) is 0 Å². The maximum Gasteiger partial charge on any atom is 0.163 e. The van der Waals surface area contributed by atoms with Gasteiger partial charge in [-0.2, -0.15) is 5.26 Å². The Morgan fingerprint density at radius 2 is 2.12 bits per heavy atom. The molecular weight excluding hydrogens is 212 g/mol. The lowest BCUT2D eigenvalue weighted by Crippen LogP contribution is -2.46. The molecule has 1 aromatic heterocycles. The molecule has 0 bridgehead atoms. The van der Waals surface area contributed by atoms with Crippen molar-refractivity contribution < 1.29 is 0 Å². The molecule has 1 aromatic rings. The minimum absolute atomic E-state index is 0.538. The van der Waals surface area contributed by atoms with Gasteiger partial charge in [-0.15, -0.1) is 0 Å². The van der Waals surface area contributed by atoms with Gasteiger partial charge in [0.1, 0.15) is 6.07 Å². The summed E-state index contributed by atoms with van der Waals surface area (Å²) < 4.78 is 0. The molecule has 0 N–H and O–H groups in total. The van der Waals surface area contributed by atoms with Gasteiger partial charge in [0.15, 0.2) is 5.69 Å². The van der Waals surface area contributed by atoms with E-state index in [4.69, 9.17) is 5.26 Å². The van der Waals surface area contributed by atoms with Crippen molar-refractivity contribution in [1.82, 2.24) is 9.88 Å².